The van der Waals surface area contributed by atoms with Crippen LogP contribution in [0.25, 0.3) is 0 Å². The average molecular weight is 299 g/mol. The van der Waals surface area contributed by atoms with E-state index in [1.54, 1.807) is 24.3 Å². The third-order valence-corrected chi connectivity index (χ3v) is 4.90. The van der Waals surface area contributed by atoms with Gasteiger partial charge in [0.1, 0.15) is 0 Å². The summed E-state index contributed by atoms with van der Waals surface area (Å²) in [6.07, 6.45) is 1.33. The van der Waals surface area contributed by atoms with Gasteiger partial charge in [0, 0.05) is 6.20 Å². The van der Waals surface area contributed by atoms with Crippen molar-refractivity contribution >= 4 is 15.9 Å². The highest BCUT2D eigenvalue weighted by Gasteiger charge is 2.42. The fourth-order valence-electron chi connectivity index (χ4n) is 2.19. The predicted octanol–water partition coefficient (Wildman–Crippen LogP) is 1.30. The lowest BCUT2D eigenvalue weighted by Crippen LogP contribution is -2.29. The SMILES string of the molecule is N#Cc1ccccc1CN1C(=O)c2cccnc2S1(=O)=O. The van der Waals surface area contributed by atoms with Crippen LogP contribution in [0.2, 0.25) is 0 Å². The van der Waals surface area contributed by atoms with Gasteiger partial charge in [0.15, 0.2) is 5.03 Å². The number of aromatic nitrogens is 1. The van der Waals surface area contributed by atoms with E-state index in [-0.39, 0.29) is 17.1 Å². The van der Waals surface area contributed by atoms with Crippen LogP contribution in [0.4, 0.5) is 0 Å². The van der Waals surface area contributed by atoms with E-state index in [1.807, 2.05) is 6.07 Å². The Labute approximate surface area is 121 Å². The van der Waals surface area contributed by atoms with Gasteiger partial charge in [-0.25, -0.2) is 9.29 Å². The molecule has 3 rings (SSSR count). The molecule has 0 unspecified atom stereocenters. The molecule has 1 aromatic carbocycles. The van der Waals surface area contributed by atoms with Crippen LogP contribution < -0.4 is 0 Å². The Morgan fingerprint density at radius 2 is 1.95 bits per heavy atom. The fourth-order valence-corrected chi connectivity index (χ4v) is 3.65. The highest BCUT2D eigenvalue weighted by atomic mass is 32.2. The second-order valence-corrected chi connectivity index (χ2v) is 6.22. The van der Waals surface area contributed by atoms with E-state index in [0.29, 0.717) is 11.1 Å². The first-order valence-electron chi connectivity index (χ1n) is 6.06. The number of fused-ring (bicyclic) bond motifs is 1. The largest absolute Gasteiger partial charge is 0.285 e. The summed E-state index contributed by atoms with van der Waals surface area (Å²) in [4.78, 5) is 16.0. The van der Waals surface area contributed by atoms with Crippen LogP contribution in [0.15, 0.2) is 47.6 Å². The van der Waals surface area contributed by atoms with Crippen LogP contribution in [0, 0.1) is 11.3 Å². The standard InChI is InChI=1S/C14H9N3O3S/c15-8-10-4-1-2-5-11(10)9-17-14(18)12-6-3-7-16-13(12)21(17,19)20/h1-7H,9H2. The first kappa shape index (κ1) is 13.3. The molecule has 1 aliphatic heterocycles. The summed E-state index contributed by atoms with van der Waals surface area (Å²) in [5.41, 5.74) is 0.876. The highest BCUT2D eigenvalue weighted by molar-refractivity contribution is 7.90. The summed E-state index contributed by atoms with van der Waals surface area (Å²) >= 11 is 0. The minimum Gasteiger partial charge on any atom is -0.268 e. The first-order valence-corrected chi connectivity index (χ1v) is 7.50. The summed E-state index contributed by atoms with van der Waals surface area (Å²) in [5.74, 6) is -0.620. The van der Waals surface area contributed by atoms with Crippen LogP contribution >= 0.6 is 0 Å². The Kier molecular flexibility index (Phi) is 2.96. The number of nitrogens with zero attached hydrogens (tertiary/aromatic N) is 3. The number of amides is 1. The first-order chi connectivity index (χ1) is 10.1. The molecule has 7 heteroatoms. The number of hydrogen-bond donors (Lipinski definition) is 0. The molecule has 21 heavy (non-hydrogen) atoms. The second-order valence-electron chi connectivity index (χ2n) is 4.44. The summed E-state index contributed by atoms with van der Waals surface area (Å²) in [6.45, 7) is -0.179. The van der Waals surface area contributed by atoms with Crippen molar-refractivity contribution in [2.45, 2.75) is 11.6 Å². The molecule has 1 aromatic heterocycles. The van der Waals surface area contributed by atoms with Gasteiger partial charge in [-0.3, -0.25) is 4.79 Å². The van der Waals surface area contributed by atoms with E-state index < -0.39 is 15.9 Å². The van der Waals surface area contributed by atoms with Crippen molar-refractivity contribution in [2.75, 3.05) is 0 Å². The molecule has 0 N–H and O–H groups in total. The molecule has 0 bridgehead atoms. The van der Waals surface area contributed by atoms with Crippen LogP contribution in [0.3, 0.4) is 0 Å². The third kappa shape index (κ3) is 1.97. The van der Waals surface area contributed by atoms with Crippen molar-refractivity contribution in [3.63, 3.8) is 0 Å². The zero-order chi connectivity index (χ0) is 15.0. The molecule has 6 nitrogen and oxygen atoms in total. The van der Waals surface area contributed by atoms with Gasteiger partial charge in [-0.05, 0) is 23.8 Å². The van der Waals surface area contributed by atoms with Crippen molar-refractivity contribution in [1.29, 1.82) is 5.26 Å². The summed E-state index contributed by atoms with van der Waals surface area (Å²) in [6, 6.07) is 11.5. The Bertz CT molecular complexity index is 884. The molecule has 0 atom stereocenters. The van der Waals surface area contributed by atoms with Gasteiger partial charge in [-0.2, -0.15) is 13.7 Å². The zero-order valence-electron chi connectivity index (χ0n) is 10.7. The number of sulfonamides is 1. The summed E-state index contributed by atoms with van der Waals surface area (Å²) in [7, 11) is -3.96. The van der Waals surface area contributed by atoms with Crippen molar-refractivity contribution in [3.8, 4) is 6.07 Å². The quantitative estimate of drug-likeness (QED) is 0.833. The normalized spacial score (nSPS) is 15.6. The molecule has 0 radical (unpaired) electrons. The van der Waals surface area contributed by atoms with Crippen molar-refractivity contribution < 1.29 is 13.2 Å². The van der Waals surface area contributed by atoms with Gasteiger partial charge in [0.25, 0.3) is 15.9 Å². The second kappa shape index (κ2) is 4.68. The topological polar surface area (TPSA) is 91.1 Å². The molecule has 0 fully saturated rings. The Hall–Kier alpha value is -2.72. The van der Waals surface area contributed by atoms with Crippen LogP contribution in [0.5, 0.6) is 0 Å². The minimum atomic E-state index is -3.96. The third-order valence-electron chi connectivity index (χ3n) is 3.21. The monoisotopic (exact) mass is 299 g/mol. The van der Waals surface area contributed by atoms with E-state index in [0.717, 1.165) is 4.31 Å². The van der Waals surface area contributed by atoms with E-state index in [1.165, 1.54) is 18.3 Å². The van der Waals surface area contributed by atoms with Gasteiger partial charge in [0.2, 0.25) is 0 Å². The van der Waals surface area contributed by atoms with Gasteiger partial charge in [0.05, 0.1) is 23.7 Å². The van der Waals surface area contributed by atoms with Crippen molar-refractivity contribution in [3.05, 3.63) is 59.3 Å². The van der Waals surface area contributed by atoms with E-state index in [2.05, 4.69) is 4.98 Å². The van der Waals surface area contributed by atoms with E-state index >= 15 is 0 Å². The Morgan fingerprint density at radius 1 is 1.19 bits per heavy atom. The van der Waals surface area contributed by atoms with Crippen LogP contribution in [0.1, 0.15) is 21.5 Å². The molecule has 104 valence electrons. The smallest absolute Gasteiger partial charge is 0.268 e. The minimum absolute atomic E-state index is 0.0620. The fraction of sp³-hybridized carbons (Fsp3) is 0.0714. The average Bonchev–Trinajstić information content (AvgIpc) is 2.69. The van der Waals surface area contributed by atoms with Crippen LogP contribution in [-0.2, 0) is 16.6 Å². The molecular formula is C14H9N3O3S. The number of rotatable bonds is 2. The molecule has 2 heterocycles. The number of hydrogen-bond acceptors (Lipinski definition) is 5. The molecular weight excluding hydrogens is 290 g/mol. The summed E-state index contributed by atoms with van der Waals surface area (Å²) in [5, 5.41) is 8.81. The van der Waals surface area contributed by atoms with Crippen molar-refractivity contribution in [2.24, 2.45) is 0 Å². The molecule has 0 saturated carbocycles. The Morgan fingerprint density at radius 3 is 2.67 bits per heavy atom. The molecule has 0 aliphatic carbocycles. The number of carbonyl (C=O) groups excluding carboxylic acids is 1. The lowest BCUT2D eigenvalue weighted by atomic mass is 10.1. The number of carbonyl (C=O) groups is 1. The van der Waals surface area contributed by atoms with E-state index in [9.17, 15) is 13.2 Å². The number of benzene rings is 1. The van der Waals surface area contributed by atoms with Gasteiger partial charge >= 0.3 is 0 Å². The van der Waals surface area contributed by atoms with E-state index in [4.69, 9.17) is 5.26 Å². The van der Waals surface area contributed by atoms with Gasteiger partial charge in [-0.1, -0.05) is 18.2 Å². The van der Waals surface area contributed by atoms with Gasteiger partial charge in [-0.15, -0.1) is 0 Å². The zero-order valence-corrected chi connectivity index (χ0v) is 11.5. The molecule has 2 aromatic rings. The Balaban J connectivity index is 2.06. The lowest BCUT2D eigenvalue weighted by Gasteiger charge is -2.15. The maximum absolute atomic E-state index is 12.4. The maximum atomic E-state index is 12.4. The highest BCUT2D eigenvalue weighted by Crippen LogP contribution is 2.29. The summed E-state index contributed by atoms with van der Waals surface area (Å²) < 4.78 is 25.5. The number of pyridine rings is 1. The maximum Gasteiger partial charge on any atom is 0.285 e. The lowest BCUT2D eigenvalue weighted by molar-refractivity contribution is 0.0864. The van der Waals surface area contributed by atoms with Crippen molar-refractivity contribution in [1.82, 2.24) is 9.29 Å². The molecule has 1 amide bonds. The molecule has 0 spiro atoms. The molecule has 0 saturated heterocycles. The molecule has 1 aliphatic rings. The predicted molar refractivity (Wildman–Crippen MR) is 72.5 cm³/mol. The number of nitriles is 1. The van der Waals surface area contributed by atoms with Crippen LogP contribution in [-0.4, -0.2) is 23.6 Å². The van der Waals surface area contributed by atoms with Gasteiger partial charge < -0.3 is 0 Å².